The summed E-state index contributed by atoms with van der Waals surface area (Å²) in [6.07, 6.45) is 10.1. The van der Waals surface area contributed by atoms with Crippen LogP contribution >= 0.6 is 0 Å². The first-order chi connectivity index (χ1) is 9.28. The van der Waals surface area contributed by atoms with Crippen LogP contribution in [0.25, 0.3) is 0 Å². The van der Waals surface area contributed by atoms with Gasteiger partial charge in [0, 0.05) is 6.04 Å². The van der Waals surface area contributed by atoms with Crippen molar-refractivity contribution in [1.29, 1.82) is 0 Å². The molecule has 1 aliphatic rings. The monoisotopic (exact) mass is 257 g/mol. The molecular formula is C17H23NO. The van der Waals surface area contributed by atoms with Crippen LogP contribution in [0.5, 0.6) is 5.75 Å². The summed E-state index contributed by atoms with van der Waals surface area (Å²) < 4.78 is 5.29. The van der Waals surface area contributed by atoms with Gasteiger partial charge in [-0.3, -0.25) is 4.90 Å². The molecule has 0 amide bonds. The maximum atomic E-state index is 5.49. The molecule has 0 bridgehead atoms. The van der Waals surface area contributed by atoms with E-state index in [0.717, 1.165) is 38.1 Å². The Morgan fingerprint density at radius 3 is 2.95 bits per heavy atom. The Kier molecular flexibility index (Phi) is 4.87. The number of methoxy groups -OCH3 is 1. The van der Waals surface area contributed by atoms with Crippen LogP contribution in [0, 0.1) is 12.3 Å². The topological polar surface area (TPSA) is 12.5 Å². The van der Waals surface area contributed by atoms with Crippen LogP contribution in [-0.4, -0.2) is 31.1 Å². The summed E-state index contributed by atoms with van der Waals surface area (Å²) in [6, 6.07) is 7.04. The van der Waals surface area contributed by atoms with Gasteiger partial charge in [-0.1, -0.05) is 18.9 Å². The van der Waals surface area contributed by atoms with Crippen molar-refractivity contribution >= 4 is 0 Å². The van der Waals surface area contributed by atoms with Crippen LogP contribution in [0.4, 0.5) is 0 Å². The van der Waals surface area contributed by atoms with Gasteiger partial charge in [0.05, 0.1) is 13.7 Å². The fraction of sp³-hybridized carbons (Fsp3) is 0.529. The van der Waals surface area contributed by atoms with E-state index >= 15 is 0 Å². The largest absolute Gasteiger partial charge is 0.497 e. The fourth-order valence-electron chi connectivity index (χ4n) is 2.95. The van der Waals surface area contributed by atoms with Crippen molar-refractivity contribution in [2.24, 2.45) is 0 Å². The second-order valence-corrected chi connectivity index (χ2v) is 5.21. The minimum atomic E-state index is 0.594. The van der Waals surface area contributed by atoms with Crippen LogP contribution in [0.2, 0.25) is 0 Å². The summed E-state index contributed by atoms with van der Waals surface area (Å²) in [5.41, 5.74) is 2.89. The Bertz CT molecular complexity index is 461. The van der Waals surface area contributed by atoms with Crippen molar-refractivity contribution in [3.63, 3.8) is 0 Å². The SMILES string of the molecule is C#CCN(CCC)[C@@H]1CCc2cc(OC)ccc2C1. The maximum Gasteiger partial charge on any atom is 0.119 e. The normalized spacial score (nSPS) is 17.9. The van der Waals surface area contributed by atoms with Gasteiger partial charge in [-0.05, 0) is 55.5 Å². The number of hydrogen-bond donors (Lipinski definition) is 0. The third-order valence-corrected chi connectivity index (χ3v) is 3.94. The van der Waals surface area contributed by atoms with Gasteiger partial charge in [0.25, 0.3) is 0 Å². The van der Waals surface area contributed by atoms with Crippen LogP contribution < -0.4 is 4.74 Å². The van der Waals surface area contributed by atoms with Gasteiger partial charge >= 0.3 is 0 Å². The zero-order chi connectivity index (χ0) is 13.7. The highest BCUT2D eigenvalue weighted by atomic mass is 16.5. The number of aryl methyl sites for hydroxylation is 1. The lowest BCUT2D eigenvalue weighted by molar-refractivity contribution is 0.202. The van der Waals surface area contributed by atoms with Gasteiger partial charge in [0.2, 0.25) is 0 Å². The van der Waals surface area contributed by atoms with E-state index in [1.807, 2.05) is 0 Å². The van der Waals surface area contributed by atoms with E-state index in [0.29, 0.717) is 6.04 Å². The molecule has 1 aromatic rings. The van der Waals surface area contributed by atoms with E-state index in [1.54, 1.807) is 7.11 Å². The van der Waals surface area contributed by atoms with Crippen molar-refractivity contribution in [1.82, 2.24) is 4.90 Å². The molecule has 1 atom stereocenters. The lowest BCUT2D eigenvalue weighted by atomic mass is 9.87. The molecule has 0 heterocycles. The standard InChI is InChI=1S/C17H23NO/c1-4-10-18(11-5-2)16-8-6-15-13-17(19-3)9-7-14(15)12-16/h1,7,9,13,16H,5-6,8,10-12H2,2-3H3/t16-/m1/s1. The molecule has 102 valence electrons. The summed E-state index contributed by atoms with van der Waals surface area (Å²) in [6.45, 7) is 4.08. The molecule has 19 heavy (non-hydrogen) atoms. The minimum absolute atomic E-state index is 0.594. The van der Waals surface area contributed by atoms with E-state index in [4.69, 9.17) is 11.2 Å². The Morgan fingerprint density at radius 2 is 2.26 bits per heavy atom. The van der Waals surface area contributed by atoms with Gasteiger partial charge in [0.15, 0.2) is 0 Å². The van der Waals surface area contributed by atoms with Crippen LogP contribution in [0.15, 0.2) is 18.2 Å². The molecule has 2 rings (SSSR count). The number of fused-ring (bicyclic) bond motifs is 1. The molecule has 1 aromatic carbocycles. The van der Waals surface area contributed by atoms with E-state index in [9.17, 15) is 0 Å². The quantitative estimate of drug-likeness (QED) is 0.752. The molecular weight excluding hydrogens is 234 g/mol. The zero-order valence-corrected chi connectivity index (χ0v) is 12.0. The van der Waals surface area contributed by atoms with E-state index in [2.05, 4.69) is 35.9 Å². The number of rotatable bonds is 5. The summed E-state index contributed by atoms with van der Waals surface area (Å²) >= 11 is 0. The summed E-state index contributed by atoms with van der Waals surface area (Å²) in [5, 5.41) is 0. The molecule has 1 aliphatic carbocycles. The van der Waals surface area contributed by atoms with Gasteiger partial charge in [-0.25, -0.2) is 0 Å². The highest BCUT2D eigenvalue weighted by Crippen LogP contribution is 2.27. The highest BCUT2D eigenvalue weighted by Gasteiger charge is 2.23. The lowest BCUT2D eigenvalue weighted by Gasteiger charge is -2.34. The Labute approximate surface area is 116 Å². The average Bonchev–Trinajstić information content (AvgIpc) is 2.46. The number of terminal acetylenes is 1. The van der Waals surface area contributed by atoms with Crippen LogP contribution in [0.3, 0.4) is 0 Å². The summed E-state index contributed by atoms with van der Waals surface area (Å²) in [7, 11) is 1.73. The predicted octanol–water partition coefficient (Wildman–Crippen LogP) is 2.90. The van der Waals surface area contributed by atoms with Crippen LogP contribution in [0.1, 0.15) is 30.9 Å². The lowest BCUT2D eigenvalue weighted by Crippen LogP contribution is -2.40. The number of ether oxygens (including phenoxy) is 1. The third-order valence-electron chi connectivity index (χ3n) is 3.94. The first-order valence-electron chi connectivity index (χ1n) is 7.11. The zero-order valence-electron chi connectivity index (χ0n) is 12.0. The molecule has 0 radical (unpaired) electrons. The smallest absolute Gasteiger partial charge is 0.119 e. The highest BCUT2D eigenvalue weighted by molar-refractivity contribution is 5.37. The second-order valence-electron chi connectivity index (χ2n) is 5.21. The van der Waals surface area contributed by atoms with Gasteiger partial charge < -0.3 is 4.74 Å². The van der Waals surface area contributed by atoms with E-state index < -0.39 is 0 Å². The van der Waals surface area contributed by atoms with Crippen LogP contribution in [-0.2, 0) is 12.8 Å². The second kappa shape index (κ2) is 6.63. The maximum absolute atomic E-state index is 5.49. The molecule has 0 aromatic heterocycles. The first-order valence-corrected chi connectivity index (χ1v) is 7.11. The molecule has 0 N–H and O–H groups in total. The van der Waals surface area contributed by atoms with E-state index in [-0.39, 0.29) is 0 Å². The Hall–Kier alpha value is -1.46. The average molecular weight is 257 g/mol. The van der Waals surface area contributed by atoms with Crippen molar-refractivity contribution in [2.75, 3.05) is 20.2 Å². The number of hydrogen-bond acceptors (Lipinski definition) is 2. The number of benzene rings is 1. The van der Waals surface area contributed by atoms with Gasteiger partial charge in [0.1, 0.15) is 5.75 Å². The Morgan fingerprint density at radius 1 is 1.42 bits per heavy atom. The molecule has 0 saturated carbocycles. The molecule has 0 unspecified atom stereocenters. The van der Waals surface area contributed by atoms with Gasteiger partial charge in [-0.2, -0.15) is 0 Å². The minimum Gasteiger partial charge on any atom is -0.497 e. The van der Waals surface area contributed by atoms with Crippen molar-refractivity contribution in [3.05, 3.63) is 29.3 Å². The van der Waals surface area contributed by atoms with E-state index in [1.165, 1.54) is 17.5 Å². The predicted molar refractivity (Wildman–Crippen MR) is 79.5 cm³/mol. The third kappa shape index (κ3) is 3.30. The first kappa shape index (κ1) is 14.0. The molecule has 0 spiro atoms. The Balaban J connectivity index is 2.10. The fourth-order valence-corrected chi connectivity index (χ4v) is 2.95. The molecule has 0 saturated heterocycles. The molecule has 2 heteroatoms. The molecule has 2 nitrogen and oxygen atoms in total. The molecule has 0 aliphatic heterocycles. The summed E-state index contributed by atoms with van der Waals surface area (Å²) in [4.78, 5) is 2.45. The number of nitrogens with zero attached hydrogens (tertiary/aromatic N) is 1. The van der Waals surface area contributed by atoms with Crippen molar-refractivity contribution < 1.29 is 4.74 Å². The van der Waals surface area contributed by atoms with Crippen molar-refractivity contribution in [2.45, 2.75) is 38.6 Å². The van der Waals surface area contributed by atoms with Crippen molar-refractivity contribution in [3.8, 4) is 18.1 Å². The summed E-state index contributed by atoms with van der Waals surface area (Å²) in [5.74, 6) is 3.76. The molecule has 0 fully saturated rings. The van der Waals surface area contributed by atoms with Gasteiger partial charge in [-0.15, -0.1) is 6.42 Å².